The van der Waals surface area contributed by atoms with Gasteiger partial charge in [-0.25, -0.2) is 0 Å². The van der Waals surface area contributed by atoms with Crippen LogP contribution in [0.15, 0.2) is 65.1 Å². The predicted octanol–water partition coefficient (Wildman–Crippen LogP) is 5.24. The highest BCUT2D eigenvalue weighted by Crippen LogP contribution is 2.32. The molecule has 4 heteroatoms. The molecule has 3 N–H and O–H groups in total. The maximum Gasteiger partial charge on any atom is 0.135 e. The molecule has 0 spiro atoms. The minimum atomic E-state index is 0.675. The van der Waals surface area contributed by atoms with Crippen LogP contribution in [0.4, 0.5) is 11.4 Å². The lowest BCUT2D eigenvalue weighted by atomic mass is 10.1. The Bertz CT molecular complexity index is 1070. The molecule has 0 atom stereocenters. The molecule has 0 aliphatic heterocycles. The van der Waals surface area contributed by atoms with E-state index in [1.54, 1.807) is 0 Å². The number of furan rings is 1. The Morgan fingerprint density at radius 1 is 0.920 bits per heavy atom. The largest absolute Gasteiger partial charge is 0.456 e. The predicted molar refractivity (Wildman–Crippen MR) is 105 cm³/mol. The summed E-state index contributed by atoms with van der Waals surface area (Å²) in [6.45, 7) is 0.675. The summed E-state index contributed by atoms with van der Waals surface area (Å²) in [7, 11) is 1.91. The molecule has 0 bridgehead atoms. The van der Waals surface area contributed by atoms with Gasteiger partial charge in [0.05, 0.1) is 0 Å². The van der Waals surface area contributed by atoms with Gasteiger partial charge in [-0.05, 0) is 47.5 Å². The fourth-order valence-electron chi connectivity index (χ4n) is 3.08. The molecule has 0 amide bonds. The van der Waals surface area contributed by atoms with Crippen LogP contribution in [0.2, 0.25) is 0 Å². The Morgan fingerprint density at radius 2 is 1.60 bits per heavy atom. The minimum absolute atomic E-state index is 0.675. The van der Waals surface area contributed by atoms with Gasteiger partial charge in [-0.1, -0.05) is 24.3 Å². The standard InChI is InChI=1S/C21H19N3O/c1-23-16-6-8-20-18(10-16)19-11-17(7-9-21(19)25-20)24-13-15-5-3-2-4-14(15)12-22/h2-12,22-24H,13H2,1H3. The Balaban J connectivity index is 1.68. The summed E-state index contributed by atoms with van der Waals surface area (Å²) in [5.74, 6) is 0. The van der Waals surface area contributed by atoms with Crippen LogP contribution >= 0.6 is 0 Å². The minimum Gasteiger partial charge on any atom is -0.456 e. The highest BCUT2D eigenvalue weighted by molar-refractivity contribution is 6.07. The lowest BCUT2D eigenvalue weighted by Gasteiger charge is -2.09. The van der Waals surface area contributed by atoms with E-state index in [2.05, 4.69) is 22.8 Å². The third-order valence-electron chi connectivity index (χ3n) is 4.45. The van der Waals surface area contributed by atoms with Crippen molar-refractivity contribution >= 4 is 39.5 Å². The molecular formula is C21H19N3O. The number of anilines is 2. The van der Waals surface area contributed by atoms with Gasteiger partial charge in [0.2, 0.25) is 0 Å². The fraction of sp³-hybridized carbons (Fsp3) is 0.0952. The molecule has 1 aromatic heterocycles. The smallest absolute Gasteiger partial charge is 0.135 e. The normalized spacial score (nSPS) is 10.9. The number of nitrogens with one attached hydrogen (secondary N) is 3. The van der Waals surface area contributed by atoms with Crippen molar-refractivity contribution in [3.8, 4) is 0 Å². The average Bonchev–Trinajstić information content (AvgIpc) is 3.03. The topological polar surface area (TPSA) is 61.1 Å². The molecule has 4 nitrogen and oxygen atoms in total. The van der Waals surface area contributed by atoms with Crippen molar-refractivity contribution < 1.29 is 4.42 Å². The molecule has 0 unspecified atom stereocenters. The SMILES string of the molecule is CNc1ccc2oc3ccc(NCc4ccccc4C=N)cc3c2c1. The van der Waals surface area contributed by atoms with Gasteiger partial charge in [-0.2, -0.15) is 0 Å². The van der Waals surface area contributed by atoms with Crippen LogP contribution in [0, 0.1) is 5.41 Å². The summed E-state index contributed by atoms with van der Waals surface area (Å²) in [6.07, 6.45) is 1.39. The van der Waals surface area contributed by atoms with E-state index in [-0.39, 0.29) is 0 Å². The summed E-state index contributed by atoms with van der Waals surface area (Å²) in [6, 6.07) is 20.2. The van der Waals surface area contributed by atoms with E-state index in [1.807, 2.05) is 55.6 Å². The molecular weight excluding hydrogens is 310 g/mol. The maximum absolute atomic E-state index is 7.51. The number of rotatable bonds is 5. The van der Waals surface area contributed by atoms with E-state index in [9.17, 15) is 0 Å². The van der Waals surface area contributed by atoms with Crippen LogP contribution in [0.1, 0.15) is 11.1 Å². The number of fused-ring (bicyclic) bond motifs is 3. The highest BCUT2D eigenvalue weighted by Gasteiger charge is 2.08. The highest BCUT2D eigenvalue weighted by atomic mass is 16.3. The van der Waals surface area contributed by atoms with Crippen molar-refractivity contribution in [2.45, 2.75) is 6.54 Å². The maximum atomic E-state index is 7.51. The quantitative estimate of drug-likeness (QED) is 0.439. The second-order valence-corrected chi connectivity index (χ2v) is 5.97. The molecule has 0 aliphatic carbocycles. The van der Waals surface area contributed by atoms with E-state index >= 15 is 0 Å². The van der Waals surface area contributed by atoms with Gasteiger partial charge < -0.3 is 20.5 Å². The first-order valence-corrected chi connectivity index (χ1v) is 8.25. The molecule has 0 saturated heterocycles. The third-order valence-corrected chi connectivity index (χ3v) is 4.45. The van der Waals surface area contributed by atoms with Crippen LogP contribution in [0.5, 0.6) is 0 Å². The summed E-state index contributed by atoms with van der Waals surface area (Å²) in [4.78, 5) is 0. The van der Waals surface area contributed by atoms with Gasteiger partial charge in [0, 0.05) is 42.0 Å². The molecule has 0 fully saturated rings. The van der Waals surface area contributed by atoms with Crippen molar-refractivity contribution in [3.05, 3.63) is 71.8 Å². The van der Waals surface area contributed by atoms with Crippen LogP contribution in [0.3, 0.4) is 0 Å². The van der Waals surface area contributed by atoms with Crippen molar-refractivity contribution in [3.63, 3.8) is 0 Å². The first kappa shape index (κ1) is 15.3. The number of benzene rings is 3. The first-order chi connectivity index (χ1) is 12.3. The summed E-state index contributed by atoms with van der Waals surface area (Å²) in [5, 5.41) is 16.3. The monoisotopic (exact) mass is 329 g/mol. The second-order valence-electron chi connectivity index (χ2n) is 5.97. The fourth-order valence-corrected chi connectivity index (χ4v) is 3.08. The van der Waals surface area contributed by atoms with E-state index in [1.165, 1.54) is 6.21 Å². The van der Waals surface area contributed by atoms with Gasteiger partial charge in [-0.3, -0.25) is 0 Å². The van der Waals surface area contributed by atoms with Crippen LogP contribution < -0.4 is 10.6 Å². The lowest BCUT2D eigenvalue weighted by molar-refractivity contribution is 0.669. The Kier molecular flexibility index (Phi) is 3.86. The van der Waals surface area contributed by atoms with Crippen molar-refractivity contribution in [2.24, 2.45) is 0 Å². The Morgan fingerprint density at radius 3 is 2.32 bits per heavy atom. The van der Waals surface area contributed by atoms with E-state index in [4.69, 9.17) is 9.83 Å². The first-order valence-electron chi connectivity index (χ1n) is 8.25. The summed E-state index contributed by atoms with van der Waals surface area (Å²) in [5.41, 5.74) is 5.91. The van der Waals surface area contributed by atoms with Crippen LogP contribution in [0.25, 0.3) is 21.9 Å². The van der Waals surface area contributed by atoms with Gasteiger partial charge >= 0.3 is 0 Å². The van der Waals surface area contributed by atoms with Crippen LogP contribution in [-0.4, -0.2) is 13.3 Å². The molecule has 0 saturated carbocycles. The van der Waals surface area contributed by atoms with E-state index < -0.39 is 0 Å². The van der Waals surface area contributed by atoms with Gasteiger partial charge in [0.25, 0.3) is 0 Å². The summed E-state index contributed by atoms with van der Waals surface area (Å²) >= 11 is 0. The van der Waals surface area contributed by atoms with Gasteiger partial charge in [0.15, 0.2) is 0 Å². The zero-order valence-electron chi connectivity index (χ0n) is 14.0. The van der Waals surface area contributed by atoms with E-state index in [0.29, 0.717) is 6.54 Å². The third kappa shape index (κ3) is 2.83. The second kappa shape index (κ2) is 6.32. The molecule has 124 valence electrons. The Labute approximate surface area is 146 Å². The molecule has 0 radical (unpaired) electrons. The molecule has 25 heavy (non-hydrogen) atoms. The van der Waals surface area contributed by atoms with Gasteiger partial charge in [0.1, 0.15) is 11.2 Å². The average molecular weight is 329 g/mol. The molecule has 4 aromatic rings. The zero-order valence-corrected chi connectivity index (χ0v) is 14.0. The molecule has 3 aromatic carbocycles. The van der Waals surface area contributed by atoms with E-state index in [0.717, 1.165) is 44.4 Å². The number of hydrogen-bond donors (Lipinski definition) is 3. The number of hydrogen-bond acceptors (Lipinski definition) is 4. The van der Waals surface area contributed by atoms with Crippen LogP contribution in [-0.2, 0) is 6.54 Å². The van der Waals surface area contributed by atoms with Gasteiger partial charge in [-0.15, -0.1) is 0 Å². The zero-order chi connectivity index (χ0) is 17.2. The molecule has 0 aliphatic rings. The molecule has 4 rings (SSSR count). The van der Waals surface area contributed by atoms with Crippen molar-refractivity contribution in [2.75, 3.05) is 17.7 Å². The van der Waals surface area contributed by atoms with Crippen molar-refractivity contribution in [1.82, 2.24) is 0 Å². The van der Waals surface area contributed by atoms with Crippen molar-refractivity contribution in [1.29, 1.82) is 5.41 Å². The lowest BCUT2D eigenvalue weighted by Crippen LogP contribution is -2.02. The summed E-state index contributed by atoms with van der Waals surface area (Å²) < 4.78 is 5.92. The Hall–Kier alpha value is -3.27. The molecule has 1 heterocycles.